The van der Waals surface area contributed by atoms with Crippen molar-refractivity contribution in [2.75, 3.05) is 0 Å². The highest BCUT2D eigenvalue weighted by Crippen LogP contribution is 2.30. The van der Waals surface area contributed by atoms with Crippen LogP contribution < -0.4 is 11.3 Å². The molecule has 0 aromatic heterocycles. The average molecular weight is 178 g/mol. The van der Waals surface area contributed by atoms with E-state index in [1.807, 2.05) is 0 Å². The van der Waals surface area contributed by atoms with Crippen LogP contribution in [0.2, 0.25) is 0 Å². The van der Waals surface area contributed by atoms with Crippen molar-refractivity contribution in [1.82, 2.24) is 5.43 Å². The van der Waals surface area contributed by atoms with Crippen molar-refractivity contribution < 1.29 is 13.2 Å². The van der Waals surface area contributed by atoms with Crippen LogP contribution in [0.4, 0.5) is 13.2 Å². The third-order valence-electron chi connectivity index (χ3n) is 1.62. The standard InChI is InChI=1S/C7H9F3N2/c8-7(9,10)5-2-1-3-6(4-5)12-11/h2,4,12H,1,3,11H2. The first-order valence-corrected chi connectivity index (χ1v) is 3.48. The SMILES string of the molecule is NNC1=CC(C(F)(F)F)=CCC1. The Morgan fingerprint density at radius 1 is 1.42 bits per heavy atom. The van der Waals surface area contributed by atoms with Gasteiger partial charge in [0.2, 0.25) is 0 Å². The van der Waals surface area contributed by atoms with Gasteiger partial charge in [-0.15, -0.1) is 0 Å². The van der Waals surface area contributed by atoms with E-state index in [4.69, 9.17) is 5.84 Å². The van der Waals surface area contributed by atoms with Crippen LogP contribution in [0.25, 0.3) is 0 Å². The second kappa shape index (κ2) is 3.18. The van der Waals surface area contributed by atoms with Crippen LogP contribution >= 0.6 is 0 Å². The van der Waals surface area contributed by atoms with E-state index in [0.29, 0.717) is 18.5 Å². The van der Waals surface area contributed by atoms with E-state index in [9.17, 15) is 13.2 Å². The predicted molar refractivity (Wildman–Crippen MR) is 38.8 cm³/mol. The fourth-order valence-corrected chi connectivity index (χ4v) is 1.01. The molecule has 0 aromatic carbocycles. The summed E-state index contributed by atoms with van der Waals surface area (Å²) in [6.45, 7) is 0. The lowest BCUT2D eigenvalue weighted by molar-refractivity contribution is -0.0887. The van der Waals surface area contributed by atoms with E-state index in [2.05, 4.69) is 5.43 Å². The van der Waals surface area contributed by atoms with E-state index in [1.165, 1.54) is 6.08 Å². The number of nitrogens with one attached hydrogen (secondary N) is 1. The van der Waals surface area contributed by atoms with Crippen LogP contribution in [-0.4, -0.2) is 6.18 Å². The molecule has 1 aliphatic rings. The highest BCUT2D eigenvalue weighted by molar-refractivity contribution is 5.30. The van der Waals surface area contributed by atoms with Gasteiger partial charge < -0.3 is 5.43 Å². The smallest absolute Gasteiger partial charge is 0.328 e. The third kappa shape index (κ3) is 2.01. The molecule has 1 rings (SSSR count). The lowest BCUT2D eigenvalue weighted by atomic mass is 10.0. The van der Waals surface area contributed by atoms with Crippen LogP contribution in [0.3, 0.4) is 0 Å². The number of hydrogen-bond acceptors (Lipinski definition) is 2. The highest BCUT2D eigenvalue weighted by Gasteiger charge is 2.32. The minimum absolute atomic E-state index is 0.380. The van der Waals surface area contributed by atoms with Gasteiger partial charge >= 0.3 is 6.18 Å². The molecule has 0 fully saturated rings. The van der Waals surface area contributed by atoms with Crippen molar-refractivity contribution in [3.8, 4) is 0 Å². The number of rotatable bonds is 1. The molecule has 5 heteroatoms. The molecule has 0 saturated carbocycles. The zero-order chi connectivity index (χ0) is 9.19. The van der Waals surface area contributed by atoms with E-state index < -0.39 is 11.7 Å². The van der Waals surface area contributed by atoms with Crippen LogP contribution in [0.1, 0.15) is 12.8 Å². The predicted octanol–water partition coefficient (Wildman–Crippen LogP) is 1.62. The molecular weight excluding hydrogens is 169 g/mol. The monoisotopic (exact) mass is 178 g/mol. The molecule has 0 aromatic rings. The lowest BCUT2D eigenvalue weighted by Crippen LogP contribution is -2.24. The quantitative estimate of drug-likeness (QED) is 0.473. The van der Waals surface area contributed by atoms with Gasteiger partial charge in [-0.3, -0.25) is 5.84 Å². The van der Waals surface area contributed by atoms with E-state index in [1.54, 1.807) is 0 Å². The molecular formula is C7H9F3N2. The maximum Gasteiger partial charge on any atom is 0.416 e. The molecule has 0 unspecified atom stereocenters. The van der Waals surface area contributed by atoms with E-state index in [-0.39, 0.29) is 0 Å². The largest absolute Gasteiger partial charge is 0.416 e. The summed E-state index contributed by atoms with van der Waals surface area (Å²) in [7, 11) is 0. The minimum Gasteiger partial charge on any atom is -0.328 e. The van der Waals surface area contributed by atoms with Crippen molar-refractivity contribution in [3.63, 3.8) is 0 Å². The van der Waals surface area contributed by atoms with Gasteiger partial charge in [-0.25, -0.2) is 0 Å². The van der Waals surface area contributed by atoms with Crippen molar-refractivity contribution in [2.45, 2.75) is 19.0 Å². The van der Waals surface area contributed by atoms with Gasteiger partial charge in [0, 0.05) is 5.70 Å². The summed E-state index contributed by atoms with van der Waals surface area (Å²) in [6, 6.07) is 0. The summed E-state index contributed by atoms with van der Waals surface area (Å²) in [5.74, 6) is 5.00. The molecule has 0 spiro atoms. The maximum atomic E-state index is 12.1. The normalized spacial score (nSPS) is 18.3. The van der Waals surface area contributed by atoms with Crippen LogP contribution in [-0.2, 0) is 0 Å². The molecule has 68 valence electrons. The second-order valence-electron chi connectivity index (χ2n) is 2.51. The van der Waals surface area contributed by atoms with Crippen molar-refractivity contribution in [2.24, 2.45) is 5.84 Å². The number of alkyl halides is 3. The van der Waals surface area contributed by atoms with Crippen molar-refractivity contribution in [3.05, 3.63) is 23.4 Å². The summed E-state index contributed by atoms with van der Waals surface area (Å²) in [5, 5.41) is 0. The van der Waals surface area contributed by atoms with Crippen molar-refractivity contribution >= 4 is 0 Å². The number of hydrogen-bond donors (Lipinski definition) is 2. The summed E-state index contributed by atoms with van der Waals surface area (Å²) < 4.78 is 36.2. The number of halogens is 3. The number of hydrazine groups is 1. The van der Waals surface area contributed by atoms with E-state index in [0.717, 1.165) is 6.08 Å². The summed E-state index contributed by atoms with van der Waals surface area (Å²) in [4.78, 5) is 0. The Hall–Kier alpha value is -0.970. The Morgan fingerprint density at radius 2 is 2.08 bits per heavy atom. The molecule has 0 aliphatic heterocycles. The number of allylic oxidation sites excluding steroid dienone is 4. The summed E-state index contributed by atoms with van der Waals surface area (Å²) >= 11 is 0. The van der Waals surface area contributed by atoms with Crippen LogP contribution in [0, 0.1) is 0 Å². The van der Waals surface area contributed by atoms with Gasteiger partial charge in [-0.2, -0.15) is 13.2 Å². The number of nitrogens with two attached hydrogens (primary N) is 1. The Labute approximate surface area is 67.9 Å². The van der Waals surface area contributed by atoms with Gasteiger partial charge in [-0.1, -0.05) is 6.08 Å². The van der Waals surface area contributed by atoms with E-state index >= 15 is 0 Å². The summed E-state index contributed by atoms with van der Waals surface area (Å²) in [5.41, 5.74) is 2.02. The minimum atomic E-state index is -4.26. The molecule has 2 nitrogen and oxygen atoms in total. The molecule has 3 N–H and O–H groups in total. The molecule has 0 heterocycles. The lowest BCUT2D eigenvalue weighted by Gasteiger charge is -2.15. The Bertz CT molecular complexity index is 227. The maximum absolute atomic E-state index is 12.1. The molecule has 1 aliphatic carbocycles. The van der Waals surface area contributed by atoms with Gasteiger partial charge in [-0.05, 0) is 18.9 Å². The zero-order valence-corrected chi connectivity index (χ0v) is 6.28. The molecule has 0 radical (unpaired) electrons. The van der Waals surface area contributed by atoms with Gasteiger partial charge in [0.15, 0.2) is 0 Å². The topological polar surface area (TPSA) is 38.0 Å². The zero-order valence-electron chi connectivity index (χ0n) is 6.28. The van der Waals surface area contributed by atoms with Crippen LogP contribution in [0.5, 0.6) is 0 Å². The third-order valence-corrected chi connectivity index (χ3v) is 1.62. The Morgan fingerprint density at radius 3 is 2.58 bits per heavy atom. The average Bonchev–Trinajstić information content (AvgIpc) is 2.03. The molecule has 12 heavy (non-hydrogen) atoms. The fourth-order valence-electron chi connectivity index (χ4n) is 1.01. The molecule has 0 saturated heterocycles. The first-order chi connectivity index (χ1) is 5.54. The first kappa shape index (κ1) is 9.12. The molecule has 0 bridgehead atoms. The Kier molecular flexibility index (Phi) is 2.42. The molecule has 0 amide bonds. The fraction of sp³-hybridized carbons (Fsp3) is 0.429. The van der Waals surface area contributed by atoms with Crippen LogP contribution in [0.15, 0.2) is 23.4 Å². The Balaban J connectivity index is 2.80. The van der Waals surface area contributed by atoms with Gasteiger partial charge in [0.25, 0.3) is 0 Å². The second-order valence-corrected chi connectivity index (χ2v) is 2.51. The van der Waals surface area contributed by atoms with Crippen molar-refractivity contribution in [1.29, 1.82) is 0 Å². The highest BCUT2D eigenvalue weighted by atomic mass is 19.4. The summed E-state index contributed by atoms with van der Waals surface area (Å²) in [6.07, 6.45) is -1.15. The first-order valence-electron chi connectivity index (χ1n) is 3.48. The van der Waals surface area contributed by atoms with Gasteiger partial charge in [0.05, 0.1) is 5.57 Å². The van der Waals surface area contributed by atoms with Gasteiger partial charge in [0.1, 0.15) is 0 Å². The molecule has 0 atom stereocenters.